The standard InChI is InChI=1S/C16H21N3O2/c20-16(11-13-3-1-2-4-13)18-15-6-5-14(12-17-15)19-7-9-21-10-8-19/h1,3,5-6,12-13H,2,4,7-11H2,(H,17,18,20)/t13-/m1/s1. The Morgan fingerprint density at radius 2 is 2.24 bits per heavy atom. The van der Waals surface area contributed by atoms with Crippen LogP contribution >= 0.6 is 0 Å². The van der Waals surface area contributed by atoms with Gasteiger partial charge in [0, 0.05) is 19.5 Å². The third kappa shape index (κ3) is 3.82. The van der Waals surface area contributed by atoms with Crippen LogP contribution in [0.2, 0.25) is 0 Å². The lowest BCUT2D eigenvalue weighted by Crippen LogP contribution is -2.36. The van der Waals surface area contributed by atoms with Crippen molar-refractivity contribution >= 4 is 17.4 Å². The Morgan fingerprint density at radius 1 is 1.38 bits per heavy atom. The van der Waals surface area contributed by atoms with Gasteiger partial charge in [-0.25, -0.2) is 4.98 Å². The van der Waals surface area contributed by atoms with E-state index in [-0.39, 0.29) is 5.91 Å². The van der Waals surface area contributed by atoms with E-state index >= 15 is 0 Å². The Labute approximate surface area is 125 Å². The van der Waals surface area contributed by atoms with Crippen molar-refractivity contribution in [1.82, 2.24) is 4.98 Å². The van der Waals surface area contributed by atoms with Crippen molar-refractivity contribution in [3.8, 4) is 0 Å². The molecule has 1 atom stereocenters. The maximum absolute atomic E-state index is 11.9. The molecule has 0 saturated carbocycles. The van der Waals surface area contributed by atoms with Crippen molar-refractivity contribution in [3.05, 3.63) is 30.5 Å². The number of pyridine rings is 1. The molecule has 0 unspecified atom stereocenters. The molecular formula is C16H21N3O2. The second kappa shape index (κ2) is 6.72. The number of ether oxygens (including phenoxy) is 1. The normalized spacial score (nSPS) is 21.5. The number of nitrogens with one attached hydrogen (secondary N) is 1. The molecule has 0 bridgehead atoms. The minimum absolute atomic E-state index is 0.0400. The van der Waals surface area contributed by atoms with E-state index in [4.69, 9.17) is 4.74 Å². The molecule has 3 rings (SSSR count). The van der Waals surface area contributed by atoms with E-state index in [0.717, 1.165) is 44.8 Å². The summed E-state index contributed by atoms with van der Waals surface area (Å²) in [6, 6.07) is 3.87. The van der Waals surface area contributed by atoms with E-state index in [1.165, 1.54) is 0 Å². The van der Waals surface area contributed by atoms with Crippen molar-refractivity contribution in [2.24, 2.45) is 5.92 Å². The smallest absolute Gasteiger partial charge is 0.226 e. The summed E-state index contributed by atoms with van der Waals surface area (Å²) >= 11 is 0. The topological polar surface area (TPSA) is 54.5 Å². The zero-order valence-electron chi connectivity index (χ0n) is 12.1. The Kier molecular flexibility index (Phi) is 4.50. The molecule has 2 heterocycles. The predicted octanol–water partition coefficient (Wildman–Crippen LogP) is 2.21. The number of nitrogens with zero attached hydrogens (tertiary/aromatic N) is 2. The highest BCUT2D eigenvalue weighted by Gasteiger charge is 2.15. The molecule has 5 heteroatoms. The van der Waals surface area contributed by atoms with Crippen LogP contribution in [0.5, 0.6) is 0 Å². The van der Waals surface area contributed by atoms with Gasteiger partial charge in [-0.2, -0.15) is 0 Å². The highest BCUT2D eigenvalue weighted by molar-refractivity contribution is 5.90. The number of rotatable bonds is 4. The number of carbonyl (C=O) groups is 1. The molecule has 1 amide bonds. The summed E-state index contributed by atoms with van der Waals surface area (Å²) in [6.45, 7) is 3.30. The van der Waals surface area contributed by atoms with Gasteiger partial charge in [-0.15, -0.1) is 0 Å². The third-order valence-corrected chi connectivity index (χ3v) is 3.95. The molecule has 112 valence electrons. The van der Waals surface area contributed by atoms with Crippen molar-refractivity contribution in [3.63, 3.8) is 0 Å². The summed E-state index contributed by atoms with van der Waals surface area (Å²) in [6.07, 6.45) is 8.81. The van der Waals surface area contributed by atoms with E-state index in [1.807, 2.05) is 18.3 Å². The van der Waals surface area contributed by atoms with Crippen LogP contribution < -0.4 is 10.2 Å². The van der Waals surface area contributed by atoms with Crippen molar-refractivity contribution < 1.29 is 9.53 Å². The Morgan fingerprint density at radius 3 is 2.90 bits per heavy atom. The first-order valence-corrected chi connectivity index (χ1v) is 7.56. The lowest BCUT2D eigenvalue weighted by Gasteiger charge is -2.28. The second-order valence-electron chi connectivity index (χ2n) is 5.52. The first kappa shape index (κ1) is 14.1. The summed E-state index contributed by atoms with van der Waals surface area (Å²) in [4.78, 5) is 18.5. The monoisotopic (exact) mass is 287 g/mol. The van der Waals surface area contributed by atoms with Crippen LogP contribution in [0, 0.1) is 5.92 Å². The molecule has 5 nitrogen and oxygen atoms in total. The SMILES string of the molecule is O=C(C[C@@H]1C=CCC1)Nc1ccc(N2CCOCC2)cn1. The molecule has 1 saturated heterocycles. The van der Waals surface area contributed by atoms with Crippen LogP contribution in [0.15, 0.2) is 30.5 Å². The van der Waals surface area contributed by atoms with Crippen LogP contribution in [-0.4, -0.2) is 37.2 Å². The molecule has 1 aromatic rings. The van der Waals surface area contributed by atoms with Gasteiger partial charge >= 0.3 is 0 Å². The third-order valence-electron chi connectivity index (χ3n) is 3.95. The molecule has 1 aliphatic carbocycles. The fourth-order valence-corrected chi connectivity index (χ4v) is 2.77. The maximum Gasteiger partial charge on any atom is 0.226 e. The first-order chi connectivity index (χ1) is 10.3. The molecule has 1 N–H and O–H groups in total. The summed E-state index contributed by atoms with van der Waals surface area (Å²) in [5, 5.41) is 2.87. The van der Waals surface area contributed by atoms with Crippen LogP contribution in [0.3, 0.4) is 0 Å². The van der Waals surface area contributed by atoms with Gasteiger partial charge in [0.1, 0.15) is 5.82 Å². The molecule has 1 aromatic heterocycles. The van der Waals surface area contributed by atoms with Crippen molar-refractivity contribution in [2.75, 3.05) is 36.5 Å². The minimum atomic E-state index is 0.0400. The molecule has 21 heavy (non-hydrogen) atoms. The zero-order chi connectivity index (χ0) is 14.5. The van der Waals surface area contributed by atoms with Gasteiger partial charge in [-0.05, 0) is 30.9 Å². The van der Waals surface area contributed by atoms with Gasteiger partial charge < -0.3 is 15.0 Å². The average Bonchev–Trinajstić information content (AvgIpc) is 3.02. The molecule has 2 aliphatic rings. The number of carbonyl (C=O) groups excluding carboxylic acids is 1. The van der Waals surface area contributed by atoms with Crippen molar-refractivity contribution in [1.29, 1.82) is 0 Å². The highest BCUT2D eigenvalue weighted by atomic mass is 16.5. The lowest BCUT2D eigenvalue weighted by molar-refractivity contribution is -0.116. The molecule has 0 spiro atoms. The number of amides is 1. The number of morpholine rings is 1. The van der Waals surface area contributed by atoms with E-state index in [2.05, 4.69) is 27.4 Å². The van der Waals surface area contributed by atoms with Crippen LogP contribution in [0.25, 0.3) is 0 Å². The van der Waals surface area contributed by atoms with E-state index in [9.17, 15) is 4.79 Å². The van der Waals surface area contributed by atoms with E-state index < -0.39 is 0 Å². The number of aromatic nitrogens is 1. The van der Waals surface area contributed by atoms with Gasteiger partial charge in [0.05, 0.1) is 25.1 Å². The van der Waals surface area contributed by atoms with Gasteiger partial charge in [0.15, 0.2) is 0 Å². The fourth-order valence-electron chi connectivity index (χ4n) is 2.77. The van der Waals surface area contributed by atoms with Gasteiger partial charge in [-0.3, -0.25) is 4.79 Å². The van der Waals surface area contributed by atoms with Gasteiger partial charge in [0.25, 0.3) is 0 Å². The zero-order valence-corrected chi connectivity index (χ0v) is 12.1. The van der Waals surface area contributed by atoms with Crippen LogP contribution in [0.1, 0.15) is 19.3 Å². The van der Waals surface area contributed by atoms with E-state index in [1.54, 1.807) is 0 Å². The molecule has 0 radical (unpaired) electrons. The summed E-state index contributed by atoms with van der Waals surface area (Å²) in [5.74, 6) is 1.05. The number of hydrogen-bond donors (Lipinski definition) is 1. The van der Waals surface area contributed by atoms with Crippen LogP contribution in [-0.2, 0) is 9.53 Å². The van der Waals surface area contributed by atoms with E-state index in [0.29, 0.717) is 18.2 Å². The minimum Gasteiger partial charge on any atom is -0.378 e. The second-order valence-corrected chi connectivity index (χ2v) is 5.52. The Bertz CT molecular complexity index is 507. The maximum atomic E-state index is 11.9. The van der Waals surface area contributed by atoms with Crippen molar-refractivity contribution in [2.45, 2.75) is 19.3 Å². The van der Waals surface area contributed by atoms with Crippen LogP contribution in [0.4, 0.5) is 11.5 Å². The lowest BCUT2D eigenvalue weighted by atomic mass is 10.1. The number of anilines is 2. The average molecular weight is 287 g/mol. The molecule has 1 aliphatic heterocycles. The largest absolute Gasteiger partial charge is 0.378 e. The quantitative estimate of drug-likeness (QED) is 0.863. The molecule has 0 aromatic carbocycles. The summed E-state index contributed by atoms with van der Waals surface area (Å²) in [7, 11) is 0. The fraction of sp³-hybridized carbons (Fsp3) is 0.500. The highest BCUT2D eigenvalue weighted by Crippen LogP contribution is 2.21. The van der Waals surface area contributed by atoms with Gasteiger partial charge in [0.2, 0.25) is 5.91 Å². The first-order valence-electron chi connectivity index (χ1n) is 7.56. The summed E-state index contributed by atoms with van der Waals surface area (Å²) < 4.78 is 5.34. The Hall–Kier alpha value is -1.88. The number of allylic oxidation sites excluding steroid dienone is 2. The number of hydrogen-bond acceptors (Lipinski definition) is 4. The molecular weight excluding hydrogens is 266 g/mol. The van der Waals surface area contributed by atoms with Gasteiger partial charge in [-0.1, -0.05) is 12.2 Å². The molecule has 1 fully saturated rings. The predicted molar refractivity (Wildman–Crippen MR) is 82.4 cm³/mol. The summed E-state index contributed by atoms with van der Waals surface area (Å²) in [5.41, 5.74) is 1.08. The Balaban J connectivity index is 1.53.